The summed E-state index contributed by atoms with van der Waals surface area (Å²) in [6, 6.07) is 13.7. The van der Waals surface area contributed by atoms with Gasteiger partial charge in [-0.3, -0.25) is 4.79 Å². The molecule has 0 unspecified atom stereocenters. The number of nitrogens with one attached hydrogen (secondary N) is 2. The number of carbonyl (C=O) groups excluding carboxylic acids is 1. The van der Waals surface area contributed by atoms with Crippen LogP contribution >= 0.6 is 23.2 Å². The molecule has 0 spiro atoms. The van der Waals surface area contributed by atoms with Gasteiger partial charge < -0.3 is 10.6 Å². The van der Waals surface area contributed by atoms with Crippen molar-refractivity contribution < 1.29 is 4.79 Å². The average Bonchev–Trinajstić information content (AvgIpc) is 2.47. The van der Waals surface area contributed by atoms with Gasteiger partial charge in [-0.25, -0.2) is 0 Å². The van der Waals surface area contributed by atoms with Gasteiger partial charge in [0.1, 0.15) is 6.07 Å². The lowest BCUT2D eigenvalue weighted by Gasteiger charge is -2.08. The third-order valence-corrected chi connectivity index (χ3v) is 3.24. The van der Waals surface area contributed by atoms with Crippen LogP contribution in [-0.4, -0.2) is 12.5 Å². The van der Waals surface area contributed by atoms with Crippen LogP contribution in [0.15, 0.2) is 42.5 Å². The highest BCUT2D eigenvalue weighted by Crippen LogP contribution is 2.20. The number of benzene rings is 2. The molecule has 0 saturated heterocycles. The van der Waals surface area contributed by atoms with Crippen molar-refractivity contribution in [2.75, 3.05) is 17.2 Å². The molecule has 21 heavy (non-hydrogen) atoms. The fraction of sp³-hybridized carbons (Fsp3) is 0.0667. The molecule has 1 amide bonds. The minimum Gasteiger partial charge on any atom is -0.376 e. The number of carbonyl (C=O) groups is 1. The third-order valence-electron chi connectivity index (χ3n) is 2.67. The first-order valence-electron chi connectivity index (χ1n) is 6.07. The second-order valence-corrected chi connectivity index (χ2v) is 5.06. The number of hydrogen-bond donors (Lipinski definition) is 2. The normalized spacial score (nSPS) is 9.76. The van der Waals surface area contributed by atoms with E-state index in [1.165, 1.54) is 0 Å². The Balaban J connectivity index is 1.91. The van der Waals surface area contributed by atoms with Gasteiger partial charge in [-0.2, -0.15) is 5.26 Å². The SMILES string of the molecule is N#Cc1ccc(NC(=O)CNc2ccc(Cl)cc2)cc1Cl. The summed E-state index contributed by atoms with van der Waals surface area (Å²) in [6.45, 7) is 0.110. The van der Waals surface area contributed by atoms with Crippen LogP contribution in [-0.2, 0) is 4.79 Å². The molecule has 0 atom stereocenters. The summed E-state index contributed by atoms with van der Waals surface area (Å²) in [6.07, 6.45) is 0. The first-order chi connectivity index (χ1) is 10.1. The van der Waals surface area contributed by atoms with Crippen molar-refractivity contribution in [3.63, 3.8) is 0 Å². The van der Waals surface area contributed by atoms with Crippen LogP contribution in [0, 0.1) is 11.3 Å². The average molecular weight is 320 g/mol. The summed E-state index contributed by atoms with van der Waals surface area (Å²) in [5, 5.41) is 15.4. The summed E-state index contributed by atoms with van der Waals surface area (Å²) in [5.41, 5.74) is 1.71. The molecule has 2 rings (SSSR count). The molecule has 2 aromatic carbocycles. The number of hydrogen-bond acceptors (Lipinski definition) is 3. The first-order valence-corrected chi connectivity index (χ1v) is 6.83. The highest BCUT2D eigenvalue weighted by Gasteiger charge is 2.05. The fourth-order valence-electron chi connectivity index (χ4n) is 1.64. The van der Waals surface area contributed by atoms with Crippen LogP contribution in [0.25, 0.3) is 0 Å². The molecule has 2 aromatic rings. The standard InChI is InChI=1S/C15H11Cl2N3O/c16-11-2-5-12(6-3-11)19-9-15(21)20-13-4-1-10(8-18)14(17)7-13/h1-7,19H,9H2,(H,20,21). The Morgan fingerprint density at radius 2 is 1.76 bits per heavy atom. The molecule has 2 N–H and O–H groups in total. The van der Waals surface area contributed by atoms with Crippen LogP contribution in [0.1, 0.15) is 5.56 Å². The van der Waals surface area contributed by atoms with Gasteiger partial charge in [-0.1, -0.05) is 23.2 Å². The topological polar surface area (TPSA) is 64.9 Å². The van der Waals surface area contributed by atoms with Gasteiger partial charge in [0.05, 0.1) is 17.1 Å². The van der Waals surface area contributed by atoms with Crippen LogP contribution in [0.2, 0.25) is 10.0 Å². The summed E-state index contributed by atoms with van der Waals surface area (Å²) in [7, 11) is 0. The highest BCUT2D eigenvalue weighted by atomic mass is 35.5. The molecule has 0 fully saturated rings. The quantitative estimate of drug-likeness (QED) is 0.897. The van der Waals surface area contributed by atoms with Crippen LogP contribution in [0.4, 0.5) is 11.4 Å². The van der Waals surface area contributed by atoms with E-state index in [1.807, 2.05) is 6.07 Å². The van der Waals surface area contributed by atoms with E-state index in [0.717, 1.165) is 5.69 Å². The molecule has 0 radical (unpaired) electrons. The minimum absolute atomic E-state index is 0.110. The molecule has 0 saturated carbocycles. The largest absolute Gasteiger partial charge is 0.376 e. The number of amides is 1. The summed E-state index contributed by atoms with van der Waals surface area (Å²) < 4.78 is 0. The van der Waals surface area contributed by atoms with Crippen LogP contribution < -0.4 is 10.6 Å². The molecule has 0 aliphatic heterocycles. The molecule has 0 bridgehead atoms. The predicted octanol–water partition coefficient (Wildman–Crippen LogP) is 3.92. The number of nitriles is 1. The lowest BCUT2D eigenvalue weighted by atomic mass is 10.2. The number of rotatable bonds is 4. The fourth-order valence-corrected chi connectivity index (χ4v) is 1.99. The van der Waals surface area contributed by atoms with E-state index < -0.39 is 0 Å². The van der Waals surface area contributed by atoms with Crippen molar-refractivity contribution in [3.05, 3.63) is 58.1 Å². The van der Waals surface area contributed by atoms with Crippen molar-refractivity contribution >= 4 is 40.5 Å². The van der Waals surface area contributed by atoms with Gasteiger partial charge in [0.25, 0.3) is 0 Å². The zero-order valence-electron chi connectivity index (χ0n) is 10.9. The van der Waals surface area contributed by atoms with Gasteiger partial charge in [-0.05, 0) is 42.5 Å². The number of halogens is 2. The van der Waals surface area contributed by atoms with Crippen molar-refractivity contribution in [1.82, 2.24) is 0 Å². The lowest BCUT2D eigenvalue weighted by molar-refractivity contribution is -0.114. The molecule has 0 aliphatic carbocycles. The summed E-state index contributed by atoms with van der Waals surface area (Å²) in [5.74, 6) is -0.217. The molecular weight excluding hydrogens is 309 g/mol. The zero-order valence-corrected chi connectivity index (χ0v) is 12.4. The molecular formula is C15H11Cl2N3O. The van der Waals surface area contributed by atoms with Crippen molar-refractivity contribution in [2.24, 2.45) is 0 Å². The zero-order chi connectivity index (χ0) is 15.2. The van der Waals surface area contributed by atoms with Crippen molar-refractivity contribution in [3.8, 4) is 6.07 Å². The molecule has 0 heterocycles. The van der Waals surface area contributed by atoms with Crippen molar-refractivity contribution in [1.29, 1.82) is 5.26 Å². The van der Waals surface area contributed by atoms with Crippen molar-refractivity contribution in [2.45, 2.75) is 0 Å². The van der Waals surface area contributed by atoms with E-state index in [-0.39, 0.29) is 12.5 Å². The van der Waals surface area contributed by atoms with E-state index >= 15 is 0 Å². The van der Waals surface area contributed by atoms with E-state index in [4.69, 9.17) is 28.5 Å². The van der Waals surface area contributed by atoms with E-state index in [2.05, 4.69) is 10.6 Å². The highest BCUT2D eigenvalue weighted by molar-refractivity contribution is 6.32. The maximum atomic E-state index is 11.8. The van der Waals surface area contributed by atoms with Crippen LogP contribution in [0.3, 0.4) is 0 Å². The Hall–Kier alpha value is -2.22. The Morgan fingerprint density at radius 3 is 2.38 bits per heavy atom. The van der Waals surface area contributed by atoms with E-state index in [9.17, 15) is 4.79 Å². The Labute approximate surface area is 132 Å². The molecule has 4 nitrogen and oxygen atoms in total. The van der Waals surface area contributed by atoms with Gasteiger partial charge in [-0.15, -0.1) is 0 Å². The Morgan fingerprint density at radius 1 is 1.10 bits per heavy atom. The van der Waals surface area contributed by atoms with E-state index in [1.54, 1.807) is 42.5 Å². The molecule has 106 valence electrons. The predicted molar refractivity (Wildman–Crippen MR) is 84.7 cm³/mol. The second kappa shape index (κ2) is 6.98. The maximum Gasteiger partial charge on any atom is 0.243 e. The van der Waals surface area contributed by atoms with Gasteiger partial charge in [0, 0.05) is 16.4 Å². The molecule has 0 aliphatic rings. The second-order valence-electron chi connectivity index (χ2n) is 4.22. The molecule has 6 heteroatoms. The molecule has 0 aromatic heterocycles. The monoisotopic (exact) mass is 319 g/mol. The Bertz CT molecular complexity index is 693. The lowest BCUT2D eigenvalue weighted by Crippen LogP contribution is -2.21. The smallest absolute Gasteiger partial charge is 0.243 e. The third kappa shape index (κ3) is 4.38. The van der Waals surface area contributed by atoms with Gasteiger partial charge >= 0.3 is 0 Å². The van der Waals surface area contributed by atoms with Gasteiger partial charge in [0.2, 0.25) is 5.91 Å². The summed E-state index contributed by atoms with van der Waals surface area (Å²) >= 11 is 11.7. The summed E-state index contributed by atoms with van der Waals surface area (Å²) in [4.78, 5) is 11.8. The Kier molecular flexibility index (Phi) is 5.04. The van der Waals surface area contributed by atoms with Gasteiger partial charge in [0.15, 0.2) is 0 Å². The number of nitrogens with zero attached hydrogens (tertiary/aromatic N) is 1. The first kappa shape index (κ1) is 15.2. The minimum atomic E-state index is -0.217. The van der Waals surface area contributed by atoms with E-state index in [0.29, 0.717) is 21.3 Å². The number of anilines is 2. The van der Waals surface area contributed by atoms with Crippen LogP contribution in [0.5, 0.6) is 0 Å². The maximum absolute atomic E-state index is 11.8.